The summed E-state index contributed by atoms with van der Waals surface area (Å²) in [6.45, 7) is 6.98. The molecule has 2 fully saturated rings. The van der Waals surface area contributed by atoms with Crippen LogP contribution in [-0.2, 0) is 0 Å². The molecule has 2 saturated heterocycles. The highest BCUT2D eigenvalue weighted by Crippen LogP contribution is 2.38. The molecule has 0 aliphatic carbocycles. The molecule has 3 heterocycles. The van der Waals surface area contributed by atoms with E-state index in [0.717, 1.165) is 30.6 Å². The molecule has 1 amide bonds. The van der Waals surface area contributed by atoms with Crippen LogP contribution < -0.4 is 24.0 Å². The van der Waals surface area contributed by atoms with Gasteiger partial charge in [0.1, 0.15) is 0 Å². The van der Waals surface area contributed by atoms with Gasteiger partial charge in [-0.3, -0.25) is 4.79 Å². The number of hydrogen-bond acceptors (Lipinski definition) is 8. The van der Waals surface area contributed by atoms with E-state index >= 15 is 0 Å². The van der Waals surface area contributed by atoms with E-state index < -0.39 is 0 Å². The molecule has 0 unspecified atom stereocenters. The summed E-state index contributed by atoms with van der Waals surface area (Å²) in [7, 11) is 4.63. The van der Waals surface area contributed by atoms with Crippen LogP contribution in [0.5, 0.6) is 17.2 Å². The molecule has 1 aromatic heterocycles. The van der Waals surface area contributed by atoms with Crippen LogP contribution in [0.4, 0.5) is 11.6 Å². The second kappa shape index (κ2) is 10.1. The average molecular weight is 456 g/mol. The highest BCUT2D eigenvalue weighted by atomic mass is 16.5. The lowest BCUT2D eigenvalue weighted by molar-refractivity contribution is 0.0745. The first-order valence-electron chi connectivity index (χ1n) is 11.5. The van der Waals surface area contributed by atoms with Crippen molar-refractivity contribution in [3.05, 3.63) is 29.8 Å². The molecule has 178 valence electrons. The van der Waals surface area contributed by atoms with Crippen molar-refractivity contribution in [3.8, 4) is 17.2 Å². The molecule has 1 aromatic carbocycles. The molecule has 9 heteroatoms. The van der Waals surface area contributed by atoms with E-state index in [2.05, 4.69) is 33.0 Å². The SMILES string of the molecule is COc1cc(C(=O)N2CCN(c3ccc(N4CCC(C)CC4)nn3)CC2)cc(OC)c1OC. The smallest absolute Gasteiger partial charge is 0.254 e. The van der Waals surface area contributed by atoms with E-state index in [-0.39, 0.29) is 5.91 Å². The van der Waals surface area contributed by atoms with Gasteiger partial charge in [-0.15, -0.1) is 10.2 Å². The molecule has 0 bridgehead atoms. The average Bonchev–Trinajstić information content (AvgIpc) is 2.88. The van der Waals surface area contributed by atoms with E-state index in [1.807, 2.05) is 11.0 Å². The first-order chi connectivity index (χ1) is 16.0. The van der Waals surface area contributed by atoms with Crippen molar-refractivity contribution < 1.29 is 19.0 Å². The first kappa shape index (κ1) is 22.9. The number of aromatic nitrogens is 2. The zero-order valence-electron chi connectivity index (χ0n) is 19.9. The highest BCUT2D eigenvalue weighted by molar-refractivity contribution is 5.95. The van der Waals surface area contributed by atoms with Crippen LogP contribution >= 0.6 is 0 Å². The van der Waals surface area contributed by atoms with Gasteiger partial charge in [0.15, 0.2) is 23.1 Å². The highest BCUT2D eigenvalue weighted by Gasteiger charge is 2.26. The van der Waals surface area contributed by atoms with Crippen LogP contribution in [0, 0.1) is 5.92 Å². The summed E-state index contributed by atoms with van der Waals surface area (Å²) in [6, 6.07) is 7.49. The molecule has 0 N–H and O–H groups in total. The van der Waals surface area contributed by atoms with Gasteiger partial charge in [0.2, 0.25) is 5.75 Å². The number of piperazine rings is 1. The number of carbonyl (C=O) groups is 1. The van der Waals surface area contributed by atoms with E-state index in [1.165, 1.54) is 12.8 Å². The number of carbonyl (C=O) groups excluding carboxylic acids is 1. The maximum Gasteiger partial charge on any atom is 0.254 e. The Morgan fingerprint density at radius 1 is 0.818 bits per heavy atom. The lowest BCUT2D eigenvalue weighted by Gasteiger charge is -2.35. The quantitative estimate of drug-likeness (QED) is 0.658. The molecular weight excluding hydrogens is 422 g/mol. The van der Waals surface area contributed by atoms with Gasteiger partial charge in [0.05, 0.1) is 21.3 Å². The molecule has 2 aliphatic rings. The monoisotopic (exact) mass is 455 g/mol. The topological polar surface area (TPSA) is 80.3 Å². The Labute approximate surface area is 195 Å². The predicted octanol–water partition coefficient (Wildman–Crippen LogP) is 2.70. The number of anilines is 2. The van der Waals surface area contributed by atoms with Gasteiger partial charge < -0.3 is 28.9 Å². The zero-order valence-corrected chi connectivity index (χ0v) is 19.9. The second-order valence-corrected chi connectivity index (χ2v) is 8.61. The summed E-state index contributed by atoms with van der Waals surface area (Å²) in [5, 5.41) is 8.95. The third kappa shape index (κ3) is 4.91. The van der Waals surface area contributed by atoms with Crippen LogP contribution in [0.3, 0.4) is 0 Å². The molecule has 2 aliphatic heterocycles. The number of hydrogen-bond donors (Lipinski definition) is 0. The summed E-state index contributed by atoms with van der Waals surface area (Å²) in [5.41, 5.74) is 0.512. The Bertz CT molecular complexity index is 927. The normalized spacial score (nSPS) is 17.2. The zero-order chi connectivity index (χ0) is 23.4. The molecule has 9 nitrogen and oxygen atoms in total. The number of ether oxygens (including phenoxy) is 3. The van der Waals surface area contributed by atoms with Crippen LogP contribution in [-0.4, -0.2) is 81.6 Å². The van der Waals surface area contributed by atoms with Crippen LogP contribution in [0.1, 0.15) is 30.1 Å². The minimum atomic E-state index is -0.0605. The summed E-state index contributed by atoms with van der Waals surface area (Å²) in [6.07, 6.45) is 2.40. The number of piperidine rings is 1. The molecule has 2 aromatic rings. The van der Waals surface area contributed by atoms with Crippen LogP contribution in [0.25, 0.3) is 0 Å². The predicted molar refractivity (Wildman–Crippen MR) is 127 cm³/mol. The van der Waals surface area contributed by atoms with E-state index in [0.29, 0.717) is 49.0 Å². The summed E-state index contributed by atoms with van der Waals surface area (Å²) in [4.78, 5) is 19.5. The standard InChI is InChI=1S/C24H33N5O4/c1-17-7-9-27(10-8-17)21-5-6-22(26-25-21)28-11-13-29(14-12-28)24(30)18-15-19(31-2)23(33-4)20(16-18)32-3/h5-6,15-17H,7-14H2,1-4H3. The molecule has 0 saturated carbocycles. The van der Waals surface area contributed by atoms with Crippen molar-refractivity contribution >= 4 is 17.5 Å². The summed E-state index contributed by atoms with van der Waals surface area (Å²) in [5.74, 6) is 3.94. The Kier molecular flexibility index (Phi) is 7.05. The lowest BCUT2D eigenvalue weighted by Crippen LogP contribution is -2.49. The molecule has 0 spiro atoms. The number of amides is 1. The molecular formula is C24H33N5O4. The minimum Gasteiger partial charge on any atom is -0.493 e. The summed E-state index contributed by atoms with van der Waals surface area (Å²) >= 11 is 0. The van der Waals surface area contributed by atoms with Gasteiger partial charge in [-0.05, 0) is 43.0 Å². The Balaban J connectivity index is 1.38. The molecule has 4 rings (SSSR count). The second-order valence-electron chi connectivity index (χ2n) is 8.61. The van der Waals surface area contributed by atoms with Gasteiger partial charge in [-0.25, -0.2) is 0 Å². The maximum atomic E-state index is 13.1. The molecule has 0 atom stereocenters. The Morgan fingerprint density at radius 3 is 1.79 bits per heavy atom. The molecule has 0 radical (unpaired) electrons. The van der Waals surface area contributed by atoms with Crippen molar-refractivity contribution in [2.45, 2.75) is 19.8 Å². The summed E-state index contributed by atoms with van der Waals surface area (Å²) < 4.78 is 16.1. The third-order valence-corrected chi connectivity index (χ3v) is 6.55. The largest absolute Gasteiger partial charge is 0.493 e. The van der Waals surface area contributed by atoms with E-state index in [9.17, 15) is 4.79 Å². The minimum absolute atomic E-state index is 0.0605. The van der Waals surface area contributed by atoms with Gasteiger partial charge in [-0.2, -0.15) is 0 Å². The lowest BCUT2D eigenvalue weighted by atomic mass is 9.99. The van der Waals surface area contributed by atoms with Gasteiger partial charge in [0, 0.05) is 44.8 Å². The first-order valence-corrected chi connectivity index (χ1v) is 11.5. The fourth-order valence-corrected chi connectivity index (χ4v) is 4.42. The number of methoxy groups -OCH3 is 3. The van der Waals surface area contributed by atoms with Crippen LogP contribution in [0.15, 0.2) is 24.3 Å². The van der Waals surface area contributed by atoms with Crippen molar-refractivity contribution in [3.63, 3.8) is 0 Å². The van der Waals surface area contributed by atoms with Crippen molar-refractivity contribution in [1.29, 1.82) is 0 Å². The van der Waals surface area contributed by atoms with Crippen LogP contribution in [0.2, 0.25) is 0 Å². The van der Waals surface area contributed by atoms with E-state index in [4.69, 9.17) is 14.2 Å². The van der Waals surface area contributed by atoms with Gasteiger partial charge >= 0.3 is 0 Å². The fraction of sp³-hybridized carbons (Fsp3) is 0.542. The van der Waals surface area contributed by atoms with Crippen molar-refractivity contribution in [2.24, 2.45) is 5.92 Å². The van der Waals surface area contributed by atoms with Gasteiger partial charge in [-0.1, -0.05) is 6.92 Å². The number of benzene rings is 1. The molecule has 33 heavy (non-hydrogen) atoms. The number of nitrogens with zero attached hydrogens (tertiary/aromatic N) is 5. The van der Waals surface area contributed by atoms with Gasteiger partial charge in [0.25, 0.3) is 5.91 Å². The maximum absolute atomic E-state index is 13.1. The van der Waals surface area contributed by atoms with E-state index in [1.54, 1.807) is 33.5 Å². The Hall–Kier alpha value is -3.23. The number of rotatable bonds is 6. The van der Waals surface area contributed by atoms with Crippen molar-refractivity contribution in [1.82, 2.24) is 15.1 Å². The fourth-order valence-electron chi connectivity index (χ4n) is 4.42. The third-order valence-electron chi connectivity index (χ3n) is 6.55. The van der Waals surface area contributed by atoms with Crippen molar-refractivity contribution in [2.75, 3.05) is 70.4 Å². The Morgan fingerprint density at radius 2 is 1.33 bits per heavy atom.